The highest BCUT2D eigenvalue weighted by atomic mass is 16.5. The summed E-state index contributed by atoms with van der Waals surface area (Å²) in [5.41, 5.74) is 1.19. The second kappa shape index (κ2) is 8.43. The van der Waals surface area contributed by atoms with E-state index in [1.54, 1.807) is 31.4 Å². The second-order valence-corrected chi connectivity index (χ2v) is 7.25. The predicted molar refractivity (Wildman–Crippen MR) is 104 cm³/mol. The second-order valence-electron chi connectivity index (χ2n) is 7.25. The number of carbonyl (C=O) groups is 1. The van der Waals surface area contributed by atoms with Crippen molar-refractivity contribution in [1.29, 1.82) is 0 Å². The quantitative estimate of drug-likeness (QED) is 0.465. The first-order valence-corrected chi connectivity index (χ1v) is 9.61. The standard InChI is InChI=1S/C20H30N4O2/c1-3-21-19(24-14-11-20(15-24)9-4-10-20)23-13-12-22-18(25)16-5-7-17(26-2)8-6-16/h5-8H,3-4,9-15H2,1-2H3,(H,21,23)(H,22,25). The van der Waals surface area contributed by atoms with Crippen molar-refractivity contribution in [3.05, 3.63) is 29.8 Å². The van der Waals surface area contributed by atoms with E-state index in [0.29, 0.717) is 24.1 Å². The summed E-state index contributed by atoms with van der Waals surface area (Å²) in [6.07, 6.45) is 5.38. The van der Waals surface area contributed by atoms with Gasteiger partial charge in [0.2, 0.25) is 0 Å². The highest BCUT2D eigenvalue weighted by Crippen LogP contribution is 2.47. The molecule has 2 N–H and O–H groups in total. The summed E-state index contributed by atoms with van der Waals surface area (Å²) in [6, 6.07) is 7.12. The number of hydrogen-bond acceptors (Lipinski definition) is 3. The van der Waals surface area contributed by atoms with Crippen molar-refractivity contribution >= 4 is 11.9 Å². The Morgan fingerprint density at radius 2 is 2.00 bits per heavy atom. The highest BCUT2D eigenvalue weighted by molar-refractivity contribution is 5.94. The van der Waals surface area contributed by atoms with Crippen molar-refractivity contribution in [3.63, 3.8) is 0 Å². The highest BCUT2D eigenvalue weighted by Gasteiger charge is 2.43. The molecule has 26 heavy (non-hydrogen) atoms. The molecule has 1 aromatic rings. The molecule has 0 unspecified atom stereocenters. The van der Waals surface area contributed by atoms with E-state index >= 15 is 0 Å². The monoisotopic (exact) mass is 358 g/mol. The summed E-state index contributed by atoms with van der Waals surface area (Å²) in [4.78, 5) is 19.3. The molecule has 1 spiro atoms. The largest absolute Gasteiger partial charge is 0.497 e. The van der Waals surface area contributed by atoms with E-state index in [4.69, 9.17) is 9.73 Å². The number of amides is 1. The average Bonchev–Trinajstić information content (AvgIpc) is 3.10. The molecule has 0 radical (unpaired) electrons. The minimum Gasteiger partial charge on any atom is -0.497 e. The van der Waals surface area contributed by atoms with Crippen molar-refractivity contribution in [2.45, 2.75) is 32.6 Å². The number of hydrogen-bond donors (Lipinski definition) is 2. The van der Waals surface area contributed by atoms with Gasteiger partial charge in [-0.2, -0.15) is 0 Å². The summed E-state index contributed by atoms with van der Waals surface area (Å²) in [7, 11) is 1.61. The molecule has 142 valence electrons. The van der Waals surface area contributed by atoms with Gasteiger partial charge >= 0.3 is 0 Å². The lowest BCUT2D eigenvalue weighted by molar-refractivity contribution is 0.0954. The maximum Gasteiger partial charge on any atom is 0.251 e. The predicted octanol–water partition coefficient (Wildman–Crippen LogP) is 2.27. The van der Waals surface area contributed by atoms with E-state index in [0.717, 1.165) is 31.3 Å². The summed E-state index contributed by atoms with van der Waals surface area (Å²) in [5.74, 6) is 1.65. The lowest BCUT2D eigenvalue weighted by atomic mass is 9.68. The van der Waals surface area contributed by atoms with Crippen LogP contribution in [0.2, 0.25) is 0 Å². The van der Waals surface area contributed by atoms with Crippen LogP contribution in [0.25, 0.3) is 0 Å². The smallest absolute Gasteiger partial charge is 0.251 e. The molecule has 0 atom stereocenters. The van der Waals surface area contributed by atoms with Crippen molar-refractivity contribution in [2.24, 2.45) is 10.4 Å². The van der Waals surface area contributed by atoms with Gasteiger partial charge in [0.05, 0.1) is 13.7 Å². The van der Waals surface area contributed by atoms with Crippen LogP contribution in [0.15, 0.2) is 29.3 Å². The van der Waals surface area contributed by atoms with Gasteiger partial charge in [-0.05, 0) is 55.9 Å². The summed E-state index contributed by atoms with van der Waals surface area (Å²) >= 11 is 0. The van der Waals surface area contributed by atoms with Crippen molar-refractivity contribution in [1.82, 2.24) is 15.5 Å². The number of guanidine groups is 1. The van der Waals surface area contributed by atoms with E-state index in [9.17, 15) is 4.79 Å². The molecule has 1 aromatic carbocycles. The van der Waals surface area contributed by atoms with E-state index in [1.165, 1.54) is 25.7 Å². The molecule has 0 bridgehead atoms. The van der Waals surface area contributed by atoms with Gasteiger partial charge < -0.3 is 20.3 Å². The minimum atomic E-state index is -0.0811. The first-order chi connectivity index (χ1) is 12.7. The topological polar surface area (TPSA) is 66.0 Å². The Bertz CT molecular complexity index is 638. The first-order valence-electron chi connectivity index (χ1n) is 9.61. The third kappa shape index (κ3) is 4.29. The third-order valence-corrected chi connectivity index (χ3v) is 5.50. The number of aliphatic imine (C=N–C) groups is 1. The summed E-state index contributed by atoms with van der Waals surface area (Å²) in [5, 5.41) is 6.32. The fourth-order valence-corrected chi connectivity index (χ4v) is 3.80. The Kier molecular flexibility index (Phi) is 6.01. The number of nitrogens with one attached hydrogen (secondary N) is 2. The summed E-state index contributed by atoms with van der Waals surface area (Å²) in [6.45, 7) is 6.27. The van der Waals surface area contributed by atoms with Gasteiger partial charge in [0.1, 0.15) is 5.75 Å². The van der Waals surface area contributed by atoms with Crippen LogP contribution in [-0.4, -0.2) is 56.6 Å². The Labute approximate surface area is 156 Å². The lowest BCUT2D eigenvalue weighted by Gasteiger charge is -2.38. The molecule has 1 amide bonds. The number of rotatable bonds is 6. The van der Waals surface area contributed by atoms with Crippen molar-refractivity contribution in [3.8, 4) is 5.75 Å². The zero-order chi connectivity index (χ0) is 18.4. The fraction of sp³-hybridized carbons (Fsp3) is 0.600. The average molecular weight is 358 g/mol. The van der Waals surface area contributed by atoms with E-state index < -0.39 is 0 Å². The molecule has 2 fully saturated rings. The molecule has 2 aliphatic rings. The molecule has 1 aliphatic heterocycles. The van der Waals surface area contributed by atoms with Crippen LogP contribution in [0.3, 0.4) is 0 Å². The zero-order valence-electron chi connectivity index (χ0n) is 15.9. The molecule has 1 saturated heterocycles. The van der Waals surface area contributed by atoms with Gasteiger partial charge in [-0.1, -0.05) is 6.42 Å². The van der Waals surface area contributed by atoms with Crippen molar-refractivity contribution < 1.29 is 9.53 Å². The Morgan fingerprint density at radius 1 is 1.23 bits per heavy atom. The number of nitrogens with zero attached hydrogens (tertiary/aromatic N) is 2. The number of likely N-dealkylation sites (tertiary alicyclic amines) is 1. The van der Waals surface area contributed by atoms with Crippen LogP contribution in [0, 0.1) is 5.41 Å². The van der Waals surface area contributed by atoms with Gasteiger partial charge in [-0.3, -0.25) is 9.79 Å². The van der Waals surface area contributed by atoms with Crippen molar-refractivity contribution in [2.75, 3.05) is 39.8 Å². The van der Waals surface area contributed by atoms with Crippen LogP contribution >= 0.6 is 0 Å². The van der Waals surface area contributed by atoms with Gasteiger partial charge in [0.15, 0.2) is 5.96 Å². The van der Waals surface area contributed by atoms with Crippen LogP contribution in [0.5, 0.6) is 5.75 Å². The number of carbonyl (C=O) groups excluding carboxylic acids is 1. The third-order valence-electron chi connectivity index (χ3n) is 5.50. The number of ether oxygens (including phenoxy) is 1. The lowest BCUT2D eigenvalue weighted by Crippen LogP contribution is -2.43. The maximum absolute atomic E-state index is 12.2. The van der Waals surface area contributed by atoms with Gasteiger partial charge in [-0.25, -0.2) is 0 Å². The van der Waals surface area contributed by atoms with E-state index in [1.807, 2.05) is 0 Å². The molecule has 6 nitrogen and oxygen atoms in total. The van der Waals surface area contributed by atoms with Gasteiger partial charge in [0, 0.05) is 31.7 Å². The molecule has 3 rings (SSSR count). The molecular weight excluding hydrogens is 328 g/mol. The molecule has 1 saturated carbocycles. The van der Waals surface area contributed by atoms with E-state index in [2.05, 4.69) is 22.5 Å². The Hall–Kier alpha value is -2.24. The summed E-state index contributed by atoms with van der Waals surface area (Å²) < 4.78 is 5.11. The zero-order valence-corrected chi connectivity index (χ0v) is 15.9. The first kappa shape index (κ1) is 18.5. The van der Waals surface area contributed by atoms with Crippen LogP contribution < -0.4 is 15.4 Å². The Morgan fingerprint density at radius 3 is 2.58 bits per heavy atom. The molecule has 1 aliphatic carbocycles. The van der Waals surface area contributed by atoms with Crippen LogP contribution in [-0.2, 0) is 0 Å². The fourth-order valence-electron chi connectivity index (χ4n) is 3.80. The Balaban J connectivity index is 1.48. The SMILES string of the molecule is CCNC(=NCCNC(=O)c1ccc(OC)cc1)N1CCC2(CCC2)C1. The number of methoxy groups -OCH3 is 1. The molecule has 0 aromatic heterocycles. The molecule has 1 heterocycles. The normalized spacial score (nSPS) is 18.5. The van der Waals surface area contributed by atoms with Gasteiger partial charge in [0.25, 0.3) is 5.91 Å². The van der Waals surface area contributed by atoms with Gasteiger partial charge in [-0.15, -0.1) is 0 Å². The van der Waals surface area contributed by atoms with E-state index in [-0.39, 0.29) is 5.91 Å². The van der Waals surface area contributed by atoms with Crippen LogP contribution in [0.4, 0.5) is 0 Å². The maximum atomic E-state index is 12.2. The molecular formula is C20H30N4O2. The number of benzene rings is 1. The molecule has 6 heteroatoms. The minimum absolute atomic E-state index is 0.0811. The van der Waals surface area contributed by atoms with Crippen LogP contribution in [0.1, 0.15) is 43.0 Å².